The van der Waals surface area contributed by atoms with Crippen LogP contribution in [0.15, 0.2) is 18.6 Å². The zero-order valence-electron chi connectivity index (χ0n) is 10.5. The van der Waals surface area contributed by atoms with Crippen LogP contribution in [0, 0.1) is 5.92 Å². The van der Waals surface area contributed by atoms with Gasteiger partial charge in [-0.05, 0) is 12.3 Å². The molecule has 6 heteroatoms. The predicted octanol–water partition coefficient (Wildman–Crippen LogP) is 0.796. The molecule has 0 spiro atoms. The van der Waals surface area contributed by atoms with Crippen molar-refractivity contribution in [3.8, 4) is 0 Å². The highest BCUT2D eigenvalue weighted by molar-refractivity contribution is 5.89. The monoisotopic (exact) mass is 251 g/mol. The summed E-state index contributed by atoms with van der Waals surface area (Å²) in [5.74, 6) is -0.442. The molecule has 0 aliphatic rings. The Balaban J connectivity index is 2.24. The number of aromatic nitrogens is 2. The number of carbonyl (C=O) groups excluding carboxylic acids is 2. The number of amides is 1. The second-order valence-corrected chi connectivity index (χ2v) is 4.20. The van der Waals surface area contributed by atoms with Crippen LogP contribution in [-0.4, -0.2) is 35.0 Å². The molecule has 1 amide bonds. The lowest BCUT2D eigenvalue weighted by Crippen LogP contribution is -2.30. The maximum Gasteiger partial charge on any atom is 0.359 e. The van der Waals surface area contributed by atoms with Crippen LogP contribution in [0.4, 0.5) is 0 Å². The lowest BCUT2D eigenvalue weighted by atomic mass is 10.1. The van der Waals surface area contributed by atoms with Crippen molar-refractivity contribution in [2.45, 2.75) is 20.3 Å². The van der Waals surface area contributed by atoms with Crippen molar-refractivity contribution in [3.05, 3.63) is 24.3 Å². The predicted molar refractivity (Wildman–Crippen MR) is 64.8 cm³/mol. The Bertz CT molecular complexity index is 393. The van der Waals surface area contributed by atoms with Crippen LogP contribution in [0.25, 0.3) is 0 Å². The fourth-order valence-electron chi connectivity index (χ4n) is 1.16. The maximum absolute atomic E-state index is 11.4. The Labute approximate surface area is 106 Å². The highest BCUT2D eigenvalue weighted by atomic mass is 16.5. The average molecular weight is 251 g/mol. The Hall–Kier alpha value is -1.98. The topological polar surface area (TPSA) is 81.2 Å². The summed E-state index contributed by atoms with van der Waals surface area (Å²) in [7, 11) is 0. The molecule has 0 aromatic carbocycles. The van der Waals surface area contributed by atoms with E-state index >= 15 is 0 Å². The summed E-state index contributed by atoms with van der Waals surface area (Å²) in [6.07, 6.45) is 5.03. The third kappa shape index (κ3) is 5.38. The smallest absolute Gasteiger partial charge is 0.359 e. The first-order chi connectivity index (χ1) is 8.59. The number of hydrogen-bond donors (Lipinski definition) is 1. The fraction of sp³-hybridized carbons (Fsp3) is 0.500. The zero-order chi connectivity index (χ0) is 13.4. The summed E-state index contributed by atoms with van der Waals surface area (Å²) in [5, 5.41) is 2.67. The maximum atomic E-state index is 11.4. The van der Waals surface area contributed by atoms with E-state index in [4.69, 9.17) is 4.74 Å². The molecule has 98 valence electrons. The Morgan fingerprint density at radius 1 is 1.39 bits per heavy atom. The molecule has 18 heavy (non-hydrogen) atoms. The van der Waals surface area contributed by atoms with Gasteiger partial charge in [0.2, 0.25) is 0 Å². The van der Waals surface area contributed by atoms with E-state index in [1.54, 1.807) is 0 Å². The molecule has 0 aliphatic heterocycles. The molecule has 1 aromatic heterocycles. The first-order valence-electron chi connectivity index (χ1n) is 5.79. The number of nitrogens with one attached hydrogen (secondary N) is 1. The van der Waals surface area contributed by atoms with Crippen LogP contribution in [0.5, 0.6) is 0 Å². The van der Waals surface area contributed by atoms with E-state index in [1.165, 1.54) is 18.6 Å². The van der Waals surface area contributed by atoms with Crippen molar-refractivity contribution in [1.82, 2.24) is 15.3 Å². The molecule has 0 saturated heterocycles. The van der Waals surface area contributed by atoms with Crippen molar-refractivity contribution < 1.29 is 14.3 Å². The molecule has 0 unspecified atom stereocenters. The van der Waals surface area contributed by atoms with Gasteiger partial charge in [-0.25, -0.2) is 9.78 Å². The van der Waals surface area contributed by atoms with Crippen LogP contribution in [-0.2, 0) is 9.53 Å². The Morgan fingerprint density at radius 2 is 2.17 bits per heavy atom. The van der Waals surface area contributed by atoms with Gasteiger partial charge in [-0.2, -0.15) is 0 Å². The van der Waals surface area contributed by atoms with Crippen LogP contribution < -0.4 is 5.32 Å². The minimum atomic E-state index is -0.651. The van der Waals surface area contributed by atoms with Crippen molar-refractivity contribution in [1.29, 1.82) is 0 Å². The van der Waals surface area contributed by atoms with Gasteiger partial charge in [0, 0.05) is 18.9 Å². The number of rotatable bonds is 6. The lowest BCUT2D eigenvalue weighted by molar-refractivity contribution is -0.124. The molecular formula is C12H17N3O3. The SMILES string of the molecule is CC(C)CCNC(=O)COC(=O)c1cnccn1. The van der Waals surface area contributed by atoms with Gasteiger partial charge >= 0.3 is 5.97 Å². The molecule has 1 heterocycles. The van der Waals surface area contributed by atoms with Crippen LogP contribution in [0.3, 0.4) is 0 Å². The van der Waals surface area contributed by atoms with Gasteiger partial charge in [-0.1, -0.05) is 13.8 Å². The van der Waals surface area contributed by atoms with E-state index in [2.05, 4.69) is 29.1 Å². The van der Waals surface area contributed by atoms with Gasteiger partial charge in [0.15, 0.2) is 12.3 Å². The molecule has 1 aromatic rings. The number of carbonyl (C=O) groups is 2. The van der Waals surface area contributed by atoms with E-state index in [1.807, 2.05) is 0 Å². The van der Waals surface area contributed by atoms with E-state index in [0.717, 1.165) is 6.42 Å². The highest BCUT2D eigenvalue weighted by Crippen LogP contribution is 1.97. The summed E-state index contributed by atoms with van der Waals surface area (Å²) in [4.78, 5) is 30.3. The molecule has 0 saturated carbocycles. The van der Waals surface area contributed by atoms with Crippen molar-refractivity contribution in [2.75, 3.05) is 13.2 Å². The molecule has 0 radical (unpaired) electrons. The van der Waals surface area contributed by atoms with Gasteiger partial charge in [0.25, 0.3) is 5.91 Å². The standard InChI is InChI=1S/C12H17N3O3/c1-9(2)3-4-15-11(16)8-18-12(17)10-7-13-5-6-14-10/h5-7,9H,3-4,8H2,1-2H3,(H,15,16). The van der Waals surface area contributed by atoms with Gasteiger partial charge in [-0.3, -0.25) is 9.78 Å². The molecule has 1 N–H and O–H groups in total. The third-order valence-corrected chi connectivity index (χ3v) is 2.15. The van der Waals surface area contributed by atoms with Crippen molar-refractivity contribution in [3.63, 3.8) is 0 Å². The second kappa shape index (κ2) is 7.37. The molecular weight excluding hydrogens is 234 g/mol. The fourth-order valence-corrected chi connectivity index (χ4v) is 1.16. The minimum Gasteiger partial charge on any atom is -0.451 e. The highest BCUT2D eigenvalue weighted by Gasteiger charge is 2.10. The number of ether oxygens (including phenoxy) is 1. The molecule has 0 aliphatic carbocycles. The van der Waals surface area contributed by atoms with Crippen LogP contribution in [0.2, 0.25) is 0 Å². The van der Waals surface area contributed by atoms with E-state index in [-0.39, 0.29) is 18.2 Å². The average Bonchev–Trinajstić information content (AvgIpc) is 2.36. The first kappa shape index (κ1) is 14.1. The van der Waals surface area contributed by atoms with Crippen LogP contribution in [0.1, 0.15) is 30.8 Å². The summed E-state index contributed by atoms with van der Waals surface area (Å²) in [6, 6.07) is 0. The molecule has 6 nitrogen and oxygen atoms in total. The van der Waals surface area contributed by atoms with Gasteiger partial charge in [-0.15, -0.1) is 0 Å². The van der Waals surface area contributed by atoms with Gasteiger partial charge in [0.1, 0.15) is 0 Å². The largest absolute Gasteiger partial charge is 0.451 e. The quantitative estimate of drug-likeness (QED) is 0.756. The lowest BCUT2D eigenvalue weighted by Gasteiger charge is -2.07. The molecule has 1 rings (SSSR count). The number of esters is 1. The normalized spacial score (nSPS) is 10.2. The van der Waals surface area contributed by atoms with E-state index < -0.39 is 5.97 Å². The summed E-state index contributed by atoms with van der Waals surface area (Å²) < 4.78 is 4.79. The molecule has 0 fully saturated rings. The Morgan fingerprint density at radius 3 is 2.78 bits per heavy atom. The third-order valence-electron chi connectivity index (χ3n) is 2.15. The van der Waals surface area contributed by atoms with E-state index in [0.29, 0.717) is 12.5 Å². The van der Waals surface area contributed by atoms with E-state index in [9.17, 15) is 9.59 Å². The van der Waals surface area contributed by atoms with Crippen molar-refractivity contribution >= 4 is 11.9 Å². The minimum absolute atomic E-state index is 0.0903. The summed E-state index contributed by atoms with van der Waals surface area (Å²) in [5.41, 5.74) is 0.0903. The van der Waals surface area contributed by atoms with Gasteiger partial charge in [0.05, 0.1) is 6.20 Å². The first-order valence-corrected chi connectivity index (χ1v) is 5.79. The van der Waals surface area contributed by atoms with Gasteiger partial charge < -0.3 is 10.1 Å². The zero-order valence-corrected chi connectivity index (χ0v) is 10.5. The number of hydrogen-bond acceptors (Lipinski definition) is 5. The molecule has 0 bridgehead atoms. The molecule has 0 atom stereocenters. The Kier molecular flexibility index (Phi) is 5.76. The van der Waals surface area contributed by atoms with Crippen LogP contribution >= 0.6 is 0 Å². The summed E-state index contributed by atoms with van der Waals surface area (Å²) in [6.45, 7) is 4.42. The number of nitrogens with zero attached hydrogens (tertiary/aromatic N) is 2. The second-order valence-electron chi connectivity index (χ2n) is 4.20. The van der Waals surface area contributed by atoms with Crippen molar-refractivity contribution in [2.24, 2.45) is 5.92 Å². The summed E-state index contributed by atoms with van der Waals surface area (Å²) >= 11 is 0.